The van der Waals surface area contributed by atoms with Crippen molar-refractivity contribution < 1.29 is 22.8 Å². The lowest BCUT2D eigenvalue weighted by atomic mass is 10.2. The summed E-state index contributed by atoms with van der Waals surface area (Å²) in [7, 11) is -3.99. The summed E-state index contributed by atoms with van der Waals surface area (Å²) < 4.78 is 33.0. The molecule has 174 valence electrons. The van der Waals surface area contributed by atoms with Gasteiger partial charge in [-0.2, -0.15) is 4.98 Å². The van der Waals surface area contributed by atoms with Crippen LogP contribution in [0.15, 0.2) is 76.4 Å². The third-order valence-corrected chi connectivity index (χ3v) is 6.22. The van der Waals surface area contributed by atoms with Crippen LogP contribution in [0.1, 0.15) is 12.3 Å². The first-order chi connectivity index (χ1) is 16.3. The van der Waals surface area contributed by atoms with Gasteiger partial charge >= 0.3 is 0 Å². The lowest BCUT2D eigenvalue weighted by Crippen LogP contribution is -2.15. The molecule has 0 saturated heterocycles. The number of hydrogen-bond acceptors (Lipinski definition) is 8. The SMILES string of the molecule is O=C(CCc1nc(-c2ccncc2)no1)Nc1cc(S(=O)(=O)Nc2cccc(Cl)c2)ccc1O. The highest BCUT2D eigenvalue weighted by Crippen LogP contribution is 2.28. The Bertz CT molecular complexity index is 1430. The number of aromatic nitrogens is 3. The summed E-state index contributed by atoms with van der Waals surface area (Å²) in [5.74, 6) is -0.127. The molecule has 0 unspecified atom stereocenters. The van der Waals surface area contributed by atoms with Crippen LogP contribution in [-0.4, -0.2) is 34.6 Å². The topological polar surface area (TPSA) is 147 Å². The highest BCUT2D eigenvalue weighted by molar-refractivity contribution is 7.92. The fourth-order valence-corrected chi connectivity index (χ4v) is 4.22. The van der Waals surface area contributed by atoms with E-state index >= 15 is 0 Å². The second-order valence-corrected chi connectivity index (χ2v) is 9.21. The molecular formula is C22H18ClN5O5S. The first-order valence-electron chi connectivity index (χ1n) is 9.94. The second-order valence-electron chi connectivity index (χ2n) is 7.09. The molecule has 4 aromatic rings. The zero-order valence-corrected chi connectivity index (χ0v) is 19.0. The third-order valence-electron chi connectivity index (χ3n) is 4.60. The van der Waals surface area contributed by atoms with E-state index in [9.17, 15) is 18.3 Å². The van der Waals surface area contributed by atoms with E-state index in [1.54, 1.807) is 42.7 Å². The Morgan fingerprint density at radius 2 is 1.88 bits per heavy atom. The molecule has 0 fully saturated rings. The average molecular weight is 500 g/mol. The van der Waals surface area contributed by atoms with Gasteiger partial charge < -0.3 is 14.9 Å². The van der Waals surface area contributed by atoms with Crippen molar-refractivity contribution in [1.82, 2.24) is 15.1 Å². The van der Waals surface area contributed by atoms with E-state index in [-0.39, 0.29) is 40.8 Å². The molecule has 4 rings (SSSR count). The number of phenols is 1. The number of pyridine rings is 1. The number of nitrogens with one attached hydrogen (secondary N) is 2. The highest BCUT2D eigenvalue weighted by Gasteiger charge is 2.18. The van der Waals surface area contributed by atoms with Crippen LogP contribution in [0.3, 0.4) is 0 Å². The van der Waals surface area contributed by atoms with E-state index in [1.165, 1.54) is 18.2 Å². The van der Waals surface area contributed by atoms with Crippen LogP contribution < -0.4 is 10.0 Å². The van der Waals surface area contributed by atoms with Crippen LogP contribution in [-0.2, 0) is 21.2 Å². The van der Waals surface area contributed by atoms with Gasteiger partial charge in [0.2, 0.25) is 17.6 Å². The van der Waals surface area contributed by atoms with Crippen molar-refractivity contribution in [3.05, 3.63) is 77.9 Å². The number of aromatic hydroxyl groups is 1. The van der Waals surface area contributed by atoms with Gasteiger partial charge in [-0.1, -0.05) is 22.8 Å². The molecule has 0 bridgehead atoms. The Balaban J connectivity index is 1.41. The summed E-state index contributed by atoms with van der Waals surface area (Å²) in [6.45, 7) is 0. The summed E-state index contributed by atoms with van der Waals surface area (Å²) in [5, 5.41) is 16.8. The van der Waals surface area contributed by atoms with Crippen molar-refractivity contribution in [3.63, 3.8) is 0 Å². The molecular weight excluding hydrogens is 482 g/mol. The Morgan fingerprint density at radius 1 is 1.09 bits per heavy atom. The van der Waals surface area contributed by atoms with E-state index in [4.69, 9.17) is 16.1 Å². The predicted molar refractivity (Wildman–Crippen MR) is 125 cm³/mol. The number of benzene rings is 2. The van der Waals surface area contributed by atoms with E-state index in [0.717, 1.165) is 11.6 Å². The largest absolute Gasteiger partial charge is 0.506 e. The molecule has 10 nitrogen and oxygen atoms in total. The van der Waals surface area contributed by atoms with Gasteiger partial charge in [0.05, 0.1) is 16.3 Å². The quantitative estimate of drug-likeness (QED) is 0.309. The van der Waals surface area contributed by atoms with Crippen LogP contribution in [0.2, 0.25) is 5.02 Å². The Kier molecular flexibility index (Phi) is 6.75. The summed E-state index contributed by atoms with van der Waals surface area (Å²) in [5.41, 5.74) is 0.947. The highest BCUT2D eigenvalue weighted by atomic mass is 35.5. The smallest absolute Gasteiger partial charge is 0.261 e. The fraction of sp³-hybridized carbons (Fsp3) is 0.0909. The monoisotopic (exact) mass is 499 g/mol. The van der Waals surface area contributed by atoms with Gasteiger partial charge in [0, 0.05) is 35.8 Å². The Morgan fingerprint density at radius 3 is 2.65 bits per heavy atom. The molecule has 0 aliphatic carbocycles. The van der Waals surface area contributed by atoms with Crippen LogP contribution in [0.25, 0.3) is 11.4 Å². The minimum atomic E-state index is -3.99. The maximum absolute atomic E-state index is 12.7. The lowest BCUT2D eigenvalue weighted by Gasteiger charge is -2.11. The van der Waals surface area contributed by atoms with E-state index in [0.29, 0.717) is 10.8 Å². The van der Waals surface area contributed by atoms with Crippen molar-refractivity contribution in [2.45, 2.75) is 17.7 Å². The molecule has 0 saturated carbocycles. The van der Waals surface area contributed by atoms with Gasteiger partial charge in [-0.3, -0.25) is 14.5 Å². The molecule has 34 heavy (non-hydrogen) atoms. The van der Waals surface area contributed by atoms with Crippen molar-refractivity contribution in [2.24, 2.45) is 0 Å². The van der Waals surface area contributed by atoms with Gasteiger partial charge in [-0.15, -0.1) is 0 Å². The molecule has 1 amide bonds. The van der Waals surface area contributed by atoms with Crippen LogP contribution in [0.4, 0.5) is 11.4 Å². The molecule has 12 heteroatoms. The van der Waals surface area contributed by atoms with Crippen LogP contribution in [0, 0.1) is 0 Å². The number of aryl methyl sites for hydroxylation is 1. The standard InChI is InChI=1S/C22H18ClN5O5S/c23-15-2-1-3-16(12-15)28-34(31,32)17-4-5-19(29)18(13-17)25-20(30)6-7-21-26-22(27-33-21)14-8-10-24-11-9-14/h1-5,8-13,28-29H,6-7H2,(H,25,30). The minimum Gasteiger partial charge on any atom is -0.506 e. The third kappa shape index (κ3) is 5.69. The van der Waals surface area contributed by atoms with Gasteiger partial charge in [0.25, 0.3) is 10.0 Å². The van der Waals surface area contributed by atoms with Gasteiger partial charge in [0.15, 0.2) is 0 Å². The number of rotatable bonds is 8. The maximum Gasteiger partial charge on any atom is 0.261 e. The number of phenolic OH excluding ortho intramolecular Hbond substituents is 1. The molecule has 0 aliphatic heterocycles. The predicted octanol–water partition coefficient (Wildman–Crippen LogP) is 3.86. The van der Waals surface area contributed by atoms with E-state index in [1.807, 2.05) is 0 Å². The number of halogens is 1. The summed E-state index contributed by atoms with van der Waals surface area (Å²) in [6, 6.07) is 13.2. The molecule has 2 aromatic carbocycles. The second kappa shape index (κ2) is 9.89. The molecule has 2 heterocycles. The molecule has 0 radical (unpaired) electrons. The zero-order chi connectivity index (χ0) is 24.1. The number of anilines is 2. The number of amides is 1. The van der Waals surface area contributed by atoms with Gasteiger partial charge in [0.1, 0.15) is 5.75 Å². The average Bonchev–Trinajstić information content (AvgIpc) is 3.28. The fourth-order valence-electron chi connectivity index (χ4n) is 2.96. The number of sulfonamides is 1. The van der Waals surface area contributed by atoms with Crippen molar-refractivity contribution in [3.8, 4) is 17.1 Å². The summed E-state index contributed by atoms with van der Waals surface area (Å²) in [6.07, 6.45) is 3.32. The first kappa shape index (κ1) is 23.2. The Hall–Kier alpha value is -3.96. The van der Waals surface area contributed by atoms with Gasteiger partial charge in [-0.05, 0) is 48.5 Å². The number of carbonyl (C=O) groups excluding carboxylic acids is 1. The molecule has 3 N–H and O–H groups in total. The maximum atomic E-state index is 12.7. The molecule has 0 atom stereocenters. The van der Waals surface area contributed by atoms with Crippen molar-refractivity contribution in [1.29, 1.82) is 0 Å². The minimum absolute atomic E-state index is 0.0326. The summed E-state index contributed by atoms with van der Waals surface area (Å²) in [4.78, 5) is 20.4. The normalized spacial score (nSPS) is 11.2. The number of nitrogens with zero attached hydrogens (tertiary/aromatic N) is 3. The number of hydrogen-bond donors (Lipinski definition) is 3. The van der Waals surface area contributed by atoms with Crippen molar-refractivity contribution >= 4 is 38.9 Å². The Labute approximate surface area is 199 Å². The first-order valence-corrected chi connectivity index (χ1v) is 11.8. The molecule has 0 spiro atoms. The lowest BCUT2D eigenvalue weighted by molar-refractivity contribution is -0.116. The van der Waals surface area contributed by atoms with E-state index < -0.39 is 15.9 Å². The van der Waals surface area contributed by atoms with E-state index in [2.05, 4.69) is 25.2 Å². The van der Waals surface area contributed by atoms with Crippen molar-refractivity contribution in [2.75, 3.05) is 10.0 Å². The van der Waals surface area contributed by atoms with Gasteiger partial charge in [-0.25, -0.2) is 8.42 Å². The molecule has 2 aromatic heterocycles. The van der Waals surface area contributed by atoms with Crippen LogP contribution >= 0.6 is 11.6 Å². The zero-order valence-electron chi connectivity index (χ0n) is 17.5. The number of carbonyl (C=O) groups is 1. The molecule has 0 aliphatic rings. The summed E-state index contributed by atoms with van der Waals surface area (Å²) >= 11 is 5.90. The van der Waals surface area contributed by atoms with Crippen LogP contribution in [0.5, 0.6) is 5.75 Å².